The summed E-state index contributed by atoms with van der Waals surface area (Å²) in [6, 6.07) is 26.1. The number of hydrogen-bond donors (Lipinski definition) is 3. The van der Waals surface area contributed by atoms with E-state index in [9.17, 15) is 0 Å². The Bertz CT molecular complexity index is 515. The molecule has 0 saturated heterocycles. The van der Waals surface area contributed by atoms with Crippen LogP contribution in [0.25, 0.3) is 0 Å². The summed E-state index contributed by atoms with van der Waals surface area (Å²) in [7, 11) is 0. The first-order chi connectivity index (χ1) is 17.6. The average molecular weight is 626 g/mol. The molecule has 3 aromatic carbocycles. The van der Waals surface area contributed by atoms with Crippen LogP contribution >= 0.6 is 0 Å². The molecule has 1 radical (unpaired) electrons. The van der Waals surface area contributed by atoms with Crippen molar-refractivity contribution >= 4 is 0 Å². The van der Waals surface area contributed by atoms with Crippen molar-refractivity contribution in [2.24, 2.45) is 0 Å². The van der Waals surface area contributed by atoms with Crippen molar-refractivity contribution in [2.75, 3.05) is 0 Å². The molecule has 3 N–H and O–H groups in total. The molecule has 0 fully saturated rings. The van der Waals surface area contributed by atoms with Gasteiger partial charge in [-0.25, -0.2) is 0 Å². The molecule has 0 aliphatic heterocycles. The van der Waals surface area contributed by atoms with Crippen LogP contribution in [0.1, 0.15) is 103 Å². The van der Waals surface area contributed by atoms with Crippen LogP contribution < -0.4 is 0 Å². The standard InChI is InChI=1S/3C6H6O.C3H8.6C2H6.2CH3.Y/c3*7-6-4-2-1-3-5-6;1-3-2;6*1-2;;;/h3*1-5,7H;3H2,1-2H3;6*1-2H3;2*1H3;/q;;;;;;;;;;2*-1;. The molecule has 0 saturated carbocycles. The molecule has 3 rings (SSSR count). The van der Waals surface area contributed by atoms with E-state index in [-0.39, 0.29) is 47.6 Å². The first-order valence-corrected chi connectivity index (χ1v) is 13.8. The van der Waals surface area contributed by atoms with Crippen LogP contribution in [-0.2, 0) is 32.7 Å². The normalized spacial score (nSPS) is 6.00. The first kappa shape index (κ1) is 65.9. The van der Waals surface area contributed by atoms with Gasteiger partial charge in [0.25, 0.3) is 0 Å². The molecule has 3 aromatic rings. The predicted molar refractivity (Wildman–Crippen MR) is 181 cm³/mol. The van der Waals surface area contributed by atoms with Crippen molar-refractivity contribution in [3.8, 4) is 17.2 Å². The molecule has 0 atom stereocenters. The third kappa shape index (κ3) is 85.9. The van der Waals surface area contributed by atoms with Crippen LogP contribution in [0, 0.1) is 14.9 Å². The quantitative estimate of drug-likeness (QED) is 0.218. The molecule has 39 heavy (non-hydrogen) atoms. The van der Waals surface area contributed by atoms with Crippen LogP contribution in [0.5, 0.6) is 17.2 Å². The third-order valence-electron chi connectivity index (χ3n) is 2.27. The Morgan fingerprint density at radius 2 is 0.462 bits per heavy atom. The number of phenolic OH excluding ortho intramolecular Hbond substituents is 3. The average Bonchev–Trinajstić information content (AvgIpc) is 2.98. The van der Waals surface area contributed by atoms with Gasteiger partial charge in [0.1, 0.15) is 17.2 Å². The second-order valence-corrected chi connectivity index (χ2v) is 4.71. The topological polar surface area (TPSA) is 60.7 Å². The number of phenols is 3. The van der Waals surface area contributed by atoms with Crippen LogP contribution in [-0.4, -0.2) is 15.3 Å². The van der Waals surface area contributed by atoms with E-state index < -0.39 is 0 Å². The zero-order valence-corrected chi connectivity index (χ0v) is 31.6. The van der Waals surface area contributed by atoms with E-state index in [1.165, 1.54) is 6.42 Å². The number of hydrogen-bond acceptors (Lipinski definition) is 3. The van der Waals surface area contributed by atoms with Gasteiger partial charge in [0.2, 0.25) is 0 Å². The fourth-order valence-electron chi connectivity index (χ4n) is 1.28. The van der Waals surface area contributed by atoms with Crippen molar-refractivity contribution in [1.82, 2.24) is 0 Å². The van der Waals surface area contributed by atoms with Crippen molar-refractivity contribution in [3.05, 3.63) is 106 Å². The molecular weight excluding hydrogens is 557 g/mol. The van der Waals surface area contributed by atoms with Gasteiger partial charge in [0, 0.05) is 32.7 Å². The molecule has 0 aromatic heterocycles. The molecule has 231 valence electrons. The van der Waals surface area contributed by atoms with Gasteiger partial charge in [-0.1, -0.05) is 158 Å². The minimum Gasteiger partial charge on any atom is -0.508 e. The van der Waals surface area contributed by atoms with Gasteiger partial charge in [-0.3, -0.25) is 0 Å². The monoisotopic (exact) mass is 625 g/mol. The van der Waals surface area contributed by atoms with Gasteiger partial charge in [-0.05, 0) is 36.4 Å². The van der Waals surface area contributed by atoms with Crippen LogP contribution in [0.15, 0.2) is 91.0 Å². The van der Waals surface area contributed by atoms with Crippen molar-refractivity contribution in [1.29, 1.82) is 0 Å². The molecule has 3 nitrogen and oxygen atoms in total. The van der Waals surface area contributed by atoms with E-state index in [2.05, 4.69) is 13.8 Å². The predicted octanol–water partition coefficient (Wildman–Crippen LogP) is 12.6. The largest absolute Gasteiger partial charge is 0.508 e. The third-order valence-corrected chi connectivity index (χ3v) is 2.27. The number of aromatic hydroxyl groups is 3. The smallest absolute Gasteiger partial charge is 0.115 e. The Balaban J connectivity index is -0.0000000317. The fraction of sp³-hybridized carbons (Fsp3) is 0.429. The zero-order chi connectivity index (χ0) is 30.0. The SMILES string of the molecule is CC.CC.CC.CC.CC.CC.CCC.Oc1ccccc1.Oc1ccccc1.Oc1ccccc1.[CH3-].[CH3-].[Y]. The van der Waals surface area contributed by atoms with Crippen molar-refractivity contribution < 1.29 is 48.0 Å². The summed E-state index contributed by atoms with van der Waals surface area (Å²) in [6.07, 6.45) is 1.25. The van der Waals surface area contributed by atoms with Crippen LogP contribution in [0.2, 0.25) is 0 Å². The second kappa shape index (κ2) is 83.3. The maximum atomic E-state index is 8.63. The minimum absolute atomic E-state index is 0. The summed E-state index contributed by atoms with van der Waals surface area (Å²) in [5, 5.41) is 25.9. The summed E-state index contributed by atoms with van der Waals surface area (Å²) >= 11 is 0. The van der Waals surface area contributed by atoms with E-state index in [0.717, 1.165) is 0 Å². The van der Waals surface area contributed by atoms with Crippen LogP contribution in [0.3, 0.4) is 0 Å². The van der Waals surface area contributed by atoms with Gasteiger partial charge < -0.3 is 30.2 Å². The minimum atomic E-state index is 0. The Morgan fingerprint density at radius 1 is 0.359 bits per heavy atom. The van der Waals surface area contributed by atoms with E-state index in [1.807, 2.05) is 101 Å². The summed E-state index contributed by atoms with van der Waals surface area (Å²) in [4.78, 5) is 0. The zero-order valence-electron chi connectivity index (χ0n) is 28.8. The molecule has 0 unspecified atom stereocenters. The van der Waals surface area contributed by atoms with Gasteiger partial charge in [-0.2, -0.15) is 0 Å². The molecule has 0 spiro atoms. The molecular formula is C35H68O3Y-2. The molecule has 0 aliphatic rings. The summed E-state index contributed by atoms with van der Waals surface area (Å²) in [6.45, 7) is 28.2. The molecule has 4 heteroatoms. The van der Waals surface area contributed by atoms with E-state index >= 15 is 0 Å². The van der Waals surface area contributed by atoms with Gasteiger partial charge in [-0.15, -0.1) is 0 Å². The fourth-order valence-corrected chi connectivity index (χ4v) is 1.28. The summed E-state index contributed by atoms with van der Waals surface area (Å²) in [5.74, 6) is 0.965. The van der Waals surface area contributed by atoms with E-state index in [0.29, 0.717) is 17.2 Å². The maximum absolute atomic E-state index is 8.63. The summed E-state index contributed by atoms with van der Waals surface area (Å²) < 4.78 is 0. The molecule has 0 amide bonds. The number of rotatable bonds is 0. The van der Waals surface area contributed by atoms with Crippen molar-refractivity contribution in [3.63, 3.8) is 0 Å². The van der Waals surface area contributed by atoms with Gasteiger partial charge >= 0.3 is 0 Å². The number of benzene rings is 3. The maximum Gasteiger partial charge on any atom is 0.115 e. The van der Waals surface area contributed by atoms with Crippen LogP contribution in [0.4, 0.5) is 0 Å². The van der Waals surface area contributed by atoms with Crippen molar-refractivity contribution in [2.45, 2.75) is 103 Å². The molecule has 0 bridgehead atoms. The Labute approximate surface area is 273 Å². The van der Waals surface area contributed by atoms with E-state index in [1.54, 1.807) is 72.8 Å². The molecule has 0 heterocycles. The second-order valence-electron chi connectivity index (χ2n) is 4.71. The summed E-state index contributed by atoms with van der Waals surface area (Å²) in [5.41, 5.74) is 0. The Hall–Kier alpha value is -1.84. The molecule has 0 aliphatic carbocycles. The Kier molecular flexibility index (Phi) is 141. The number of para-hydroxylation sites is 3. The van der Waals surface area contributed by atoms with Gasteiger partial charge in [0.15, 0.2) is 0 Å². The Morgan fingerprint density at radius 3 is 0.513 bits per heavy atom. The van der Waals surface area contributed by atoms with Gasteiger partial charge in [0.05, 0.1) is 0 Å². The first-order valence-electron chi connectivity index (χ1n) is 13.8. The van der Waals surface area contributed by atoms with E-state index in [4.69, 9.17) is 15.3 Å².